The zero-order valence-electron chi connectivity index (χ0n) is 11.4. The first-order valence-electron chi connectivity index (χ1n) is 6.26. The van der Waals surface area contributed by atoms with E-state index in [-0.39, 0.29) is 5.75 Å². The summed E-state index contributed by atoms with van der Waals surface area (Å²) in [7, 11) is 0. The molecule has 0 saturated heterocycles. The molecule has 3 nitrogen and oxygen atoms in total. The molecular weight excluding hydrogens is 233 g/mol. The fourth-order valence-electron chi connectivity index (χ4n) is 1.37. The number of ether oxygens (including phenoxy) is 1. The van der Waals surface area contributed by atoms with Crippen LogP contribution in [0.5, 0.6) is 5.75 Å². The van der Waals surface area contributed by atoms with Crippen LogP contribution in [-0.2, 0) is 6.54 Å². The molecule has 0 aliphatic heterocycles. The monoisotopic (exact) mass is 255 g/mol. The summed E-state index contributed by atoms with van der Waals surface area (Å²) < 4.78 is 19.1. The average molecular weight is 255 g/mol. The highest BCUT2D eigenvalue weighted by atomic mass is 19.1. The van der Waals surface area contributed by atoms with Crippen molar-refractivity contribution in [3.63, 3.8) is 0 Å². The molecule has 102 valence electrons. The molecule has 2 atom stereocenters. The fourth-order valence-corrected chi connectivity index (χ4v) is 1.37. The van der Waals surface area contributed by atoms with Crippen LogP contribution in [0, 0.1) is 5.82 Å². The summed E-state index contributed by atoms with van der Waals surface area (Å²) in [6.45, 7) is 8.03. The van der Waals surface area contributed by atoms with Crippen LogP contribution < -0.4 is 10.1 Å². The van der Waals surface area contributed by atoms with E-state index in [2.05, 4.69) is 5.32 Å². The number of rotatable bonds is 6. The Kier molecular flexibility index (Phi) is 5.56. The molecule has 0 saturated carbocycles. The zero-order chi connectivity index (χ0) is 13.7. The number of aliphatic hydroxyl groups excluding tert-OH is 1. The Balaban J connectivity index is 2.67. The van der Waals surface area contributed by atoms with E-state index in [1.165, 1.54) is 6.07 Å². The first-order valence-corrected chi connectivity index (χ1v) is 6.26. The number of aliphatic hydroxyl groups is 1. The molecule has 0 heterocycles. The third-order valence-electron chi connectivity index (χ3n) is 2.70. The third-order valence-corrected chi connectivity index (χ3v) is 2.70. The van der Waals surface area contributed by atoms with Gasteiger partial charge in [-0.2, -0.15) is 0 Å². The van der Waals surface area contributed by atoms with Crippen molar-refractivity contribution in [1.82, 2.24) is 5.32 Å². The molecule has 18 heavy (non-hydrogen) atoms. The van der Waals surface area contributed by atoms with E-state index in [4.69, 9.17) is 4.74 Å². The van der Waals surface area contributed by atoms with Gasteiger partial charge in [0, 0.05) is 12.6 Å². The number of nitrogens with one attached hydrogen (secondary N) is 1. The summed E-state index contributed by atoms with van der Waals surface area (Å²) in [6, 6.07) is 5.24. The van der Waals surface area contributed by atoms with Gasteiger partial charge < -0.3 is 15.2 Å². The Bertz CT molecular complexity index is 380. The van der Waals surface area contributed by atoms with Crippen LogP contribution in [0.15, 0.2) is 18.2 Å². The molecule has 0 fully saturated rings. The summed E-state index contributed by atoms with van der Waals surface area (Å²) in [4.78, 5) is 0. The normalized spacial score (nSPS) is 14.6. The van der Waals surface area contributed by atoms with Gasteiger partial charge in [-0.3, -0.25) is 0 Å². The highest BCUT2D eigenvalue weighted by molar-refractivity contribution is 5.29. The maximum atomic E-state index is 13.8. The fraction of sp³-hybridized carbons (Fsp3) is 0.571. The topological polar surface area (TPSA) is 41.5 Å². The number of benzene rings is 1. The van der Waals surface area contributed by atoms with Crippen molar-refractivity contribution in [3.8, 4) is 5.75 Å². The summed E-state index contributed by atoms with van der Waals surface area (Å²) in [5.41, 5.74) is 0.873. The van der Waals surface area contributed by atoms with Gasteiger partial charge in [0.25, 0.3) is 0 Å². The van der Waals surface area contributed by atoms with Gasteiger partial charge in [0.1, 0.15) is 6.10 Å². The van der Waals surface area contributed by atoms with Gasteiger partial charge in [-0.05, 0) is 31.5 Å². The van der Waals surface area contributed by atoms with Crippen molar-refractivity contribution in [2.24, 2.45) is 0 Å². The highest BCUT2D eigenvalue weighted by Crippen LogP contribution is 2.20. The van der Waals surface area contributed by atoms with Gasteiger partial charge in [-0.25, -0.2) is 4.39 Å². The van der Waals surface area contributed by atoms with Crippen molar-refractivity contribution in [2.45, 2.75) is 52.5 Å². The smallest absolute Gasteiger partial charge is 0.165 e. The largest absolute Gasteiger partial charge is 0.485 e. The molecule has 4 heteroatoms. The Morgan fingerprint density at radius 3 is 2.44 bits per heavy atom. The molecule has 0 spiro atoms. The molecule has 0 aliphatic rings. The van der Waals surface area contributed by atoms with E-state index in [1.54, 1.807) is 19.9 Å². The van der Waals surface area contributed by atoms with Gasteiger partial charge >= 0.3 is 0 Å². The lowest BCUT2D eigenvalue weighted by Gasteiger charge is -2.18. The van der Waals surface area contributed by atoms with Crippen LogP contribution >= 0.6 is 0 Å². The molecule has 1 rings (SSSR count). The Labute approximate surface area is 108 Å². The van der Waals surface area contributed by atoms with E-state index in [0.29, 0.717) is 12.6 Å². The number of halogens is 1. The third kappa shape index (κ3) is 4.63. The minimum Gasteiger partial charge on any atom is -0.485 e. The molecule has 2 unspecified atom stereocenters. The van der Waals surface area contributed by atoms with Crippen LogP contribution in [-0.4, -0.2) is 23.4 Å². The first kappa shape index (κ1) is 14.9. The Morgan fingerprint density at radius 2 is 1.94 bits per heavy atom. The molecule has 0 radical (unpaired) electrons. The van der Waals surface area contributed by atoms with E-state index >= 15 is 0 Å². The van der Waals surface area contributed by atoms with Gasteiger partial charge in [0.15, 0.2) is 11.6 Å². The van der Waals surface area contributed by atoms with E-state index in [0.717, 1.165) is 5.56 Å². The molecule has 0 amide bonds. The predicted octanol–water partition coefficient (Wildman–Crippen LogP) is 2.47. The minimum absolute atomic E-state index is 0.177. The van der Waals surface area contributed by atoms with Crippen LogP contribution in [0.3, 0.4) is 0 Å². The standard InChI is InChI=1S/C14H22FNO2/c1-9(2)16-8-12-5-6-14(13(15)7-12)18-11(4)10(3)17/h5-7,9-11,16-17H,8H2,1-4H3. The second kappa shape index (κ2) is 6.71. The molecule has 2 N–H and O–H groups in total. The minimum atomic E-state index is -0.633. The van der Waals surface area contributed by atoms with Crippen LogP contribution in [0.2, 0.25) is 0 Å². The summed E-state index contributed by atoms with van der Waals surface area (Å²) in [5, 5.41) is 12.5. The van der Waals surface area contributed by atoms with E-state index in [9.17, 15) is 9.50 Å². The Hall–Kier alpha value is -1.13. The van der Waals surface area contributed by atoms with Crippen molar-refractivity contribution < 1.29 is 14.2 Å². The second-order valence-electron chi connectivity index (χ2n) is 4.86. The molecule has 1 aromatic carbocycles. The quantitative estimate of drug-likeness (QED) is 0.820. The van der Waals surface area contributed by atoms with Gasteiger partial charge in [0.05, 0.1) is 6.10 Å². The lowest BCUT2D eigenvalue weighted by Crippen LogP contribution is -2.26. The average Bonchev–Trinajstić information content (AvgIpc) is 2.29. The van der Waals surface area contributed by atoms with Gasteiger partial charge in [-0.1, -0.05) is 19.9 Å². The molecule has 0 aliphatic carbocycles. The molecule has 1 aromatic rings. The van der Waals surface area contributed by atoms with Crippen LogP contribution in [0.4, 0.5) is 4.39 Å². The van der Waals surface area contributed by atoms with Crippen molar-refractivity contribution in [2.75, 3.05) is 0 Å². The summed E-state index contributed by atoms with van der Waals surface area (Å²) in [5.74, 6) is -0.220. The lowest BCUT2D eigenvalue weighted by molar-refractivity contribution is 0.0579. The Morgan fingerprint density at radius 1 is 1.28 bits per heavy atom. The van der Waals surface area contributed by atoms with Crippen LogP contribution in [0.1, 0.15) is 33.3 Å². The van der Waals surface area contributed by atoms with Crippen LogP contribution in [0.25, 0.3) is 0 Å². The second-order valence-corrected chi connectivity index (χ2v) is 4.86. The maximum absolute atomic E-state index is 13.8. The lowest BCUT2D eigenvalue weighted by atomic mass is 10.2. The first-order chi connectivity index (χ1) is 8.40. The molecule has 0 bridgehead atoms. The van der Waals surface area contributed by atoms with E-state index in [1.807, 2.05) is 19.9 Å². The molecular formula is C14H22FNO2. The van der Waals surface area contributed by atoms with Gasteiger partial charge in [-0.15, -0.1) is 0 Å². The summed E-state index contributed by atoms with van der Waals surface area (Å²) in [6.07, 6.45) is -1.06. The maximum Gasteiger partial charge on any atom is 0.165 e. The molecule has 0 aromatic heterocycles. The van der Waals surface area contributed by atoms with E-state index < -0.39 is 18.0 Å². The van der Waals surface area contributed by atoms with Gasteiger partial charge in [0.2, 0.25) is 0 Å². The van der Waals surface area contributed by atoms with Crippen molar-refractivity contribution in [1.29, 1.82) is 0 Å². The predicted molar refractivity (Wildman–Crippen MR) is 70.1 cm³/mol. The van der Waals surface area contributed by atoms with Crippen molar-refractivity contribution >= 4 is 0 Å². The zero-order valence-corrected chi connectivity index (χ0v) is 11.4. The summed E-state index contributed by atoms with van der Waals surface area (Å²) >= 11 is 0. The SMILES string of the molecule is CC(C)NCc1ccc(OC(C)C(C)O)c(F)c1. The number of hydrogen-bond donors (Lipinski definition) is 2. The highest BCUT2D eigenvalue weighted by Gasteiger charge is 2.13. The van der Waals surface area contributed by atoms with Crippen molar-refractivity contribution in [3.05, 3.63) is 29.6 Å². The number of hydrogen-bond acceptors (Lipinski definition) is 3.